The van der Waals surface area contributed by atoms with Crippen molar-refractivity contribution in [3.63, 3.8) is 0 Å². The van der Waals surface area contributed by atoms with Crippen LogP contribution in [0.2, 0.25) is 0 Å². The van der Waals surface area contributed by atoms with E-state index in [9.17, 15) is 14.4 Å². The quantitative estimate of drug-likeness (QED) is 0.841. The molecule has 7 heteroatoms. The number of aromatic carboxylic acids is 1. The maximum atomic E-state index is 12.1. The van der Waals surface area contributed by atoms with Crippen LogP contribution in [0, 0.1) is 0 Å². The maximum Gasteiger partial charge on any atom is 0.357 e. The van der Waals surface area contributed by atoms with Crippen molar-refractivity contribution in [1.82, 2.24) is 9.88 Å². The third kappa shape index (κ3) is 1.76. The standard InChI is InChI=1S/C13H8N2O5/c16-11-7-3-1-2-4-8(7)12(17)15(11)5-10-14-9(6-20-10)13(18)19/h1-4,6H,5H2,(H,18,19). The lowest BCUT2D eigenvalue weighted by Gasteiger charge is -2.10. The number of fused-ring (bicyclic) bond motifs is 1. The molecule has 0 saturated carbocycles. The summed E-state index contributed by atoms with van der Waals surface area (Å²) in [6, 6.07) is 6.46. The van der Waals surface area contributed by atoms with Gasteiger partial charge in [-0.3, -0.25) is 14.5 Å². The Kier molecular flexibility index (Phi) is 2.60. The summed E-state index contributed by atoms with van der Waals surface area (Å²) < 4.78 is 4.95. The van der Waals surface area contributed by atoms with E-state index in [2.05, 4.69) is 4.98 Å². The molecule has 0 fully saturated rings. The fourth-order valence-corrected chi connectivity index (χ4v) is 2.00. The molecule has 2 amide bonds. The molecule has 0 saturated heterocycles. The number of imide groups is 1. The molecule has 0 unspecified atom stereocenters. The number of carboxylic acids is 1. The fourth-order valence-electron chi connectivity index (χ4n) is 2.00. The van der Waals surface area contributed by atoms with E-state index in [-0.39, 0.29) is 18.1 Å². The lowest BCUT2D eigenvalue weighted by atomic mass is 10.1. The largest absolute Gasteiger partial charge is 0.476 e. The Bertz CT molecular complexity index is 699. The van der Waals surface area contributed by atoms with Crippen molar-refractivity contribution in [3.8, 4) is 0 Å². The second-order valence-electron chi connectivity index (χ2n) is 4.17. The van der Waals surface area contributed by atoms with E-state index in [1.165, 1.54) is 0 Å². The first kappa shape index (κ1) is 12.1. The van der Waals surface area contributed by atoms with Gasteiger partial charge in [0.1, 0.15) is 12.8 Å². The molecule has 0 bridgehead atoms. The number of amides is 2. The van der Waals surface area contributed by atoms with Crippen LogP contribution in [0.1, 0.15) is 37.1 Å². The van der Waals surface area contributed by atoms with Gasteiger partial charge >= 0.3 is 5.97 Å². The van der Waals surface area contributed by atoms with Crippen molar-refractivity contribution in [2.75, 3.05) is 0 Å². The molecule has 0 aliphatic carbocycles. The summed E-state index contributed by atoms with van der Waals surface area (Å²) in [6.07, 6.45) is 0.968. The van der Waals surface area contributed by atoms with E-state index in [4.69, 9.17) is 9.52 Å². The highest BCUT2D eigenvalue weighted by molar-refractivity contribution is 6.21. The number of aromatic nitrogens is 1. The number of carbonyl (C=O) groups is 3. The number of carbonyl (C=O) groups excluding carboxylic acids is 2. The van der Waals surface area contributed by atoms with Crippen LogP contribution in [-0.2, 0) is 6.54 Å². The Labute approximate surface area is 112 Å². The third-order valence-electron chi connectivity index (χ3n) is 2.94. The Balaban J connectivity index is 1.87. The number of nitrogens with zero attached hydrogens (tertiary/aromatic N) is 2. The molecular formula is C13H8N2O5. The Morgan fingerprint density at radius 3 is 2.30 bits per heavy atom. The first-order valence-corrected chi connectivity index (χ1v) is 5.71. The van der Waals surface area contributed by atoms with E-state index >= 15 is 0 Å². The van der Waals surface area contributed by atoms with E-state index in [1.807, 2.05) is 0 Å². The Hall–Kier alpha value is -2.96. The molecule has 0 spiro atoms. The number of benzene rings is 1. The molecule has 100 valence electrons. The van der Waals surface area contributed by atoms with Crippen molar-refractivity contribution in [1.29, 1.82) is 0 Å². The third-order valence-corrected chi connectivity index (χ3v) is 2.94. The van der Waals surface area contributed by atoms with Crippen LogP contribution in [0.25, 0.3) is 0 Å². The summed E-state index contributed by atoms with van der Waals surface area (Å²) in [6.45, 7) is -0.195. The van der Waals surface area contributed by atoms with Gasteiger partial charge in [0.2, 0.25) is 5.89 Å². The fraction of sp³-hybridized carbons (Fsp3) is 0.0769. The molecule has 2 heterocycles. The van der Waals surface area contributed by atoms with Gasteiger partial charge in [-0.1, -0.05) is 12.1 Å². The summed E-state index contributed by atoms with van der Waals surface area (Å²) in [4.78, 5) is 39.5. The van der Waals surface area contributed by atoms with E-state index in [1.54, 1.807) is 24.3 Å². The van der Waals surface area contributed by atoms with Gasteiger partial charge in [0, 0.05) is 0 Å². The van der Waals surface area contributed by atoms with Gasteiger partial charge in [-0.15, -0.1) is 0 Å². The van der Waals surface area contributed by atoms with Crippen LogP contribution in [0.4, 0.5) is 0 Å². The molecule has 7 nitrogen and oxygen atoms in total. The van der Waals surface area contributed by atoms with Crippen LogP contribution in [0.3, 0.4) is 0 Å². The van der Waals surface area contributed by atoms with Gasteiger partial charge in [0.25, 0.3) is 11.8 Å². The van der Waals surface area contributed by atoms with E-state index in [0.29, 0.717) is 11.1 Å². The first-order chi connectivity index (χ1) is 9.58. The average molecular weight is 272 g/mol. The highest BCUT2D eigenvalue weighted by Crippen LogP contribution is 2.23. The van der Waals surface area contributed by atoms with Crippen LogP contribution in [-0.4, -0.2) is 32.8 Å². The summed E-state index contributed by atoms with van der Waals surface area (Å²) in [5.74, 6) is -2.12. The zero-order chi connectivity index (χ0) is 14.3. The second kappa shape index (κ2) is 4.30. The highest BCUT2D eigenvalue weighted by Gasteiger charge is 2.36. The van der Waals surface area contributed by atoms with Crippen molar-refractivity contribution in [2.45, 2.75) is 6.54 Å². The predicted octanol–water partition coefficient (Wildman–Crippen LogP) is 1.17. The summed E-state index contributed by atoms with van der Waals surface area (Å²) in [5, 5.41) is 8.74. The molecule has 1 N–H and O–H groups in total. The number of oxazole rings is 1. The van der Waals surface area contributed by atoms with Gasteiger partial charge in [-0.2, -0.15) is 0 Å². The minimum atomic E-state index is -1.23. The number of hydrogen-bond donors (Lipinski definition) is 1. The van der Waals surface area contributed by atoms with Crippen molar-refractivity contribution < 1.29 is 23.9 Å². The zero-order valence-corrected chi connectivity index (χ0v) is 10.1. The Morgan fingerprint density at radius 2 is 1.80 bits per heavy atom. The molecule has 20 heavy (non-hydrogen) atoms. The predicted molar refractivity (Wildman–Crippen MR) is 64.1 cm³/mol. The van der Waals surface area contributed by atoms with Gasteiger partial charge < -0.3 is 9.52 Å². The molecule has 1 aliphatic heterocycles. The van der Waals surface area contributed by atoms with Crippen molar-refractivity contribution >= 4 is 17.8 Å². The smallest absolute Gasteiger partial charge is 0.357 e. The normalized spacial score (nSPS) is 13.7. The molecule has 1 aliphatic rings. The number of carboxylic acid groups (broad SMARTS) is 1. The number of hydrogen-bond acceptors (Lipinski definition) is 5. The second-order valence-corrected chi connectivity index (χ2v) is 4.17. The maximum absolute atomic E-state index is 12.1. The van der Waals surface area contributed by atoms with Gasteiger partial charge in [0.15, 0.2) is 5.69 Å². The minimum absolute atomic E-state index is 0.00286. The van der Waals surface area contributed by atoms with Crippen LogP contribution < -0.4 is 0 Å². The van der Waals surface area contributed by atoms with E-state index < -0.39 is 17.8 Å². The number of rotatable bonds is 3. The molecule has 3 rings (SSSR count). The first-order valence-electron chi connectivity index (χ1n) is 5.71. The van der Waals surface area contributed by atoms with Crippen molar-refractivity contribution in [3.05, 3.63) is 53.2 Å². The summed E-state index contributed by atoms with van der Waals surface area (Å²) in [5.41, 5.74) is 0.377. The molecule has 1 aromatic heterocycles. The minimum Gasteiger partial charge on any atom is -0.476 e. The summed E-state index contributed by atoms with van der Waals surface area (Å²) in [7, 11) is 0. The topological polar surface area (TPSA) is 101 Å². The molecule has 0 radical (unpaired) electrons. The lowest BCUT2D eigenvalue weighted by Crippen LogP contribution is -2.29. The SMILES string of the molecule is O=C(O)c1coc(CN2C(=O)c3ccccc3C2=O)n1. The van der Waals surface area contributed by atoms with Gasteiger partial charge in [-0.25, -0.2) is 9.78 Å². The molecule has 1 aromatic carbocycles. The monoisotopic (exact) mass is 272 g/mol. The molecule has 0 atom stereocenters. The molecular weight excluding hydrogens is 264 g/mol. The van der Waals surface area contributed by atoms with Crippen LogP contribution >= 0.6 is 0 Å². The van der Waals surface area contributed by atoms with E-state index in [0.717, 1.165) is 11.2 Å². The lowest BCUT2D eigenvalue weighted by molar-refractivity contribution is 0.0627. The van der Waals surface area contributed by atoms with Crippen molar-refractivity contribution in [2.24, 2.45) is 0 Å². The average Bonchev–Trinajstić information content (AvgIpc) is 3.00. The summed E-state index contributed by atoms with van der Waals surface area (Å²) >= 11 is 0. The van der Waals surface area contributed by atoms with Gasteiger partial charge in [-0.05, 0) is 12.1 Å². The Morgan fingerprint density at radius 1 is 1.20 bits per heavy atom. The van der Waals surface area contributed by atoms with Crippen LogP contribution in [0.15, 0.2) is 34.9 Å². The zero-order valence-electron chi connectivity index (χ0n) is 10.1. The molecule has 2 aromatic rings. The highest BCUT2D eigenvalue weighted by atomic mass is 16.4. The van der Waals surface area contributed by atoms with Crippen LogP contribution in [0.5, 0.6) is 0 Å². The van der Waals surface area contributed by atoms with Gasteiger partial charge in [0.05, 0.1) is 11.1 Å².